The fourth-order valence-corrected chi connectivity index (χ4v) is 2.02. The number of rotatable bonds is 2. The molecule has 0 radical (unpaired) electrons. The molecule has 86 valence electrons. The van der Waals surface area contributed by atoms with Gasteiger partial charge in [-0.15, -0.1) is 0 Å². The minimum Gasteiger partial charge on any atom is -0.350 e. The second kappa shape index (κ2) is 3.91. The molecule has 1 heterocycles. The third-order valence-corrected chi connectivity index (χ3v) is 3.06. The molecule has 1 aromatic carbocycles. The van der Waals surface area contributed by atoms with Crippen LogP contribution in [0.25, 0.3) is 10.9 Å². The Hall–Kier alpha value is -1.35. The van der Waals surface area contributed by atoms with Crippen LogP contribution in [-0.2, 0) is 7.05 Å². The van der Waals surface area contributed by atoms with Crippen molar-refractivity contribution in [3.63, 3.8) is 0 Å². The Morgan fingerprint density at radius 1 is 1.31 bits per heavy atom. The van der Waals surface area contributed by atoms with E-state index in [-0.39, 0.29) is 11.9 Å². The van der Waals surface area contributed by atoms with Crippen molar-refractivity contribution in [1.82, 2.24) is 4.57 Å². The van der Waals surface area contributed by atoms with E-state index in [1.165, 1.54) is 6.07 Å². The van der Waals surface area contributed by atoms with Gasteiger partial charge in [-0.05, 0) is 29.7 Å². The highest BCUT2D eigenvalue weighted by Gasteiger charge is 2.16. The van der Waals surface area contributed by atoms with Gasteiger partial charge >= 0.3 is 0 Å². The number of nitrogens with zero attached hydrogens (tertiary/aromatic N) is 1. The van der Waals surface area contributed by atoms with Gasteiger partial charge in [-0.3, -0.25) is 0 Å². The Balaban J connectivity index is 2.66. The standard InChI is InChI=1S/C13H17FN2/c1-8(2)13(15)11-7-16(3)12-5-4-9(14)6-10(11)12/h4-8,13H,15H2,1-3H3. The van der Waals surface area contributed by atoms with Gasteiger partial charge in [-0.1, -0.05) is 13.8 Å². The van der Waals surface area contributed by atoms with Crippen LogP contribution in [0.1, 0.15) is 25.5 Å². The number of nitrogens with two attached hydrogens (primary N) is 1. The van der Waals surface area contributed by atoms with Gasteiger partial charge in [0.15, 0.2) is 0 Å². The molecule has 1 aromatic heterocycles. The number of benzene rings is 1. The smallest absolute Gasteiger partial charge is 0.123 e. The molecule has 2 rings (SSSR count). The summed E-state index contributed by atoms with van der Waals surface area (Å²) >= 11 is 0. The van der Waals surface area contributed by atoms with Crippen LogP contribution in [0.5, 0.6) is 0 Å². The maximum absolute atomic E-state index is 13.2. The Morgan fingerprint density at radius 2 is 2.00 bits per heavy atom. The summed E-state index contributed by atoms with van der Waals surface area (Å²) in [4.78, 5) is 0. The van der Waals surface area contributed by atoms with Crippen LogP contribution in [0.3, 0.4) is 0 Å². The van der Waals surface area contributed by atoms with Crippen LogP contribution in [-0.4, -0.2) is 4.57 Å². The van der Waals surface area contributed by atoms with E-state index >= 15 is 0 Å². The van der Waals surface area contributed by atoms with Gasteiger partial charge in [0, 0.05) is 30.2 Å². The summed E-state index contributed by atoms with van der Waals surface area (Å²) in [7, 11) is 1.96. The summed E-state index contributed by atoms with van der Waals surface area (Å²) < 4.78 is 15.2. The van der Waals surface area contributed by atoms with Gasteiger partial charge in [0.1, 0.15) is 5.82 Å². The highest BCUT2D eigenvalue weighted by atomic mass is 19.1. The second-order valence-corrected chi connectivity index (χ2v) is 4.63. The molecule has 2 nitrogen and oxygen atoms in total. The Bertz CT molecular complexity index is 514. The summed E-state index contributed by atoms with van der Waals surface area (Å²) in [6, 6.07) is 4.78. The fourth-order valence-electron chi connectivity index (χ4n) is 2.02. The van der Waals surface area contributed by atoms with Crippen molar-refractivity contribution in [1.29, 1.82) is 0 Å². The zero-order chi connectivity index (χ0) is 11.9. The van der Waals surface area contributed by atoms with Gasteiger partial charge in [0.05, 0.1) is 0 Å². The number of hydrogen-bond donors (Lipinski definition) is 1. The molecular weight excluding hydrogens is 203 g/mol. The average molecular weight is 220 g/mol. The maximum atomic E-state index is 13.2. The average Bonchev–Trinajstić information content (AvgIpc) is 2.54. The van der Waals surface area contributed by atoms with E-state index < -0.39 is 0 Å². The SMILES string of the molecule is CC(C)C(N)c1cn(C)c2ccc(F)cc12. The van der Waals surface area contributed by atoms with Crippen LogP contribution < -0.4 is 5.73 Å². The number of fused-ring (bicyclic) bond motifs is 1. The van der Waals surface area contributed by atoms with Gasteiger partial charge in [-0.25, -0.2) is 4.39 Å². The van der Waals surface area contributed by atoms with Crippen molar-refractivity contribution in [3.05, 3.63) is 35.8 Å². The lowest BCUT2D eigenvalue weighted by molar-refractivity contribution is 0.516. The van der Waals surface area contributed by atoms with Crippen molar-refractivity contribution in [2.75, 3.05) is 0 Å². The topological polar surface area (TPSA) is 30.9 Å². The normalized spacial score (nSPS) is 13.6. The van der Waals surface area contributed by atoms with Gasteiger partial charge in [0.2, 0.25) is 0 Å². The quantitative estimate of drug-likeness (QED) is 0.828. The molecule has 0 amide bonds. The summed E-state index contributed by atoms with van der Waals surface area (Å²) in [5, 5.41) is 0.920. The minimum absolute atomic E-state index is 0.0505. The molecule has 1 atom stereocenters. The molecule has 0 fully saturated rings. The first-order valence-electron chi connectivity index (χ1n) is 5.50. The van der Waals surface area contributed by atoms with E-state index in [9.17, 15) is 4.39 Å². The molecule has 0 aliphatic rings. The summed E-state index contributed by atoms with van der Waals surface area (Å²) in [6.45, 7) is 4.14. The second-order valence-electron chi connectivity index (χ2n) is 4.63. The zero-order valence-electron chi connectivity index (χ0n) is 9.87. The highest BCUT2D eigenvalue weighted by Crippen LogP contribution is 2.29. The van der Waals surface area contributed by atoms with Crippen LogP contribution in [0.4, 0.5) is 4.39 Å². The molecule has 0 spiro atoms. The van der Waals surface area contributed by atoms with Crippen molar-refractivity contribution in [3.8, 4) is 0 Å². The monoisotopic (exact) mass is 220 g/mol. The Labute approximate surface area is 94.9 Å². The van der Waals surface area contributed by atoms with E-state index in [1.807, 2.05) is 17.8 Å². The van der Waals surface area contributed by atoms with E-state index in [4.69, 9.17) is 5.73 Å². The first-order chi connectivity index (χ1) is 7.50. The van der Waals surface area contributed by atoms with Crippen LogP contribution >= 0.6 is 0 Å². The van der Waals surface area contributed by atoms with Gasteiger partial charge in [0.25, 0.3) is 0 Å². The van der Waals surface area contributed by atoms with Crippen LogP contribution in [0.2, 0.25) is 0 Å². The largest absolute Gasteiger partial charge is 0.350 e. The summed E-state index contributed by atoms with van der Waals surface area (Å²) in [6.07, 6.45) is 1.99. The third-order valence-electron chi connectivity index (χ3n) is 3.06. The molecule has 0 saturated heterocycles. The van der Waals surface area contributed by atoms with E-state index in [0.29, 0.717) is 5.92 Å². The van der Waals surface area contributed by atoms with E-state index in [2.05, 4.69) is 13.8 Å². The molecule has 0 bridgehead atoms. The summed E-state index contributed by atoms with van der Waals surface area (Å²) in [5.74, 6) is 0.129. The number of hydrogen-bond acceptors (Lipinski definition) is 1. The van der Waals surface area contributed by atoms with Crippen molar-refractivity contribution in [2.45, 2.75) is 19.9 Å². The zero-order valence-corrected chi connectivity index (χ0v) is 9.87. The predicted octanol–water partition coefficient (Wildman–Crippen LogP) is 2.97. The van der Waals surface area contributed by atoms with Crippen molar-refractivity contribution in [2.24, 2.45) is 18.7 Å². The molecule has 3 heteroatoms. The Morgan fingerprint density at radius 3 is 2.62 bits per heavy atom. The third kappa shape index (κ3) is 1.71. The maximum Gasteiger partial charge on any atom is 0.123 e. The lowest BCUT2D eigenvalue weighted by atomic mass is 9.97. The number of aromatic nitrogens is 1. The first-order valence-corrected chi connectivity index (χ1v) is 5.50. The van der Waals surface area contributed by atoms with E-state index in [0.717, 1.165) is 16.5 Å². The van der Waals surface area contributed by atoms with Gasteiger partial charge < -0.3 is 10.3 Å². The molecule has 1 unspecified atom stereocenters. The lowest BCUT2D eigenvalue weighted by Gasteiger charge is -2.14. The molecule has 16 heavy (non-hydrogen) atoms. The summed E-state index contributed by atoms with van der Waals surface area (Å²) in [5.41, 5.74) is 8.17. The van der Waals surface area contributed by atoms with Crippen LogP contribution in [0.15, 0.2) is 24.4 Å². The minimum atomic E-state index is -0.212. The van der Waals surface area contributed by atoms with Crippen molar-refractivity contribution < 1.29 is 4.39 Å². The molecule has 2 aromatic rings. The number of halogens is 1. The lowest BCUT2D eigenvalue weighted by Crippen LogP contribution is -2.16. The Kier molecular flexibility index (Phi) is 2.72. The van der Waals surface area contributed by atoms with Crippen molar-refractivity contribution >= 4 is 10.9 Å². The van der Waals surface area contributed by atoms with E-state index in [1.54, 1.807) is 12.1 Å². The number of aryl methyl sites for hydroxylation is 1. The molecular formula is C13H17FN2. The van der Waals surface area contributed by atoms with Gasteiger partial charge in [-0.2, -0.15) is 0 Å². The molecule has 0 saturated carbocycles. The predicted molar refractivity (Wildman–Crippen MR) is 64.6 cm³/mol. The van der Waals surface area contributed by atoms with Crippen LogP contribution in [0, 0.1) is 11.7 Å². The molecule has 0 aliphatic carbocycles. The molecule has 0 aliphatic heterocycles. The fraction of sp³-hybridized carbons (Fsp3) is 0.385. The highest BCUT2D eigenvalue weighted by molar-refractivity contribution is 5.84. The first kappa shape index (κ1) is 11.1. The molecule has 2 N–H and O–H groups in total.